The summed E-state index contributed by atoms with van der Waals surface area (Å²) in [4.78, 5) is 11.7. The molecule has 0 saturated heterocycles. The Morgan fingerprint density at radius 1 is 1.37 bits per heavy atom. The first-order valence-corrected chi connectivity index (χ1v) is 6.55. The van der Waals surface area contributed by atoms with Crippen molar-refractivity contribution in [3.63, 3.8) is 0 Å². The second-order valence-electron chi connectivity index (χ2n) is 5.36. The van der Waals surface area contributed by atoms with Gasteiger partial charge in [0.25, 0.3) is 0 Å². The Morgan fingerprint density at radius 2 is 2.11 bits per heavy atom. The molecule has 4 heteroatoms. The number of methoxy groups -OCH3 is 1. The molecule has 1 heterocycles. The Morgan fingerprint density at radius 3 is 2.79 bits per heavy atom. The average Bonchev–Trinajstić information content (AvgIpc) is 2.41. The maximum Gasteiger partial charge on any atom is 0.349 e. The summed E-state index contributed by atoms with van der Waals surface area (Å²) in [5.74, 6) is 0.391. The predicted molar refractivity (Wildman–Crippen MR) is 73.3 cm³/mol. The molecule has 0 aliphatic carbocycles. The van der Waals surface area contributed by atoms with Crippen molar-refractivity contribution in [2.24, 2.45) is 0 Å². The summed E-state index contributed by atoms with van der Waals surface area (Å²) in [6.07, 6.45) is 0.997. The van der Waals surface area contributed by atoms with Gasteiger partial charge in [0.15, 0.2) is 5.60 Å². The molecular formula is C15H21NO3. The Labute approximate surface area is 114 Å². The van der Waals surface area contributed by atoms with Gasteiger partial charge in [0.05, 0.1) is 7.11 Å². The lowest BCUT2D eigenvalue weighted by atomic mass is 9.95. The molecule has 1 aliphatic heterocycles. The molecule has 4 nitrogen and oxygen atoms in total. The summed E-state index contributed by atoms with van der Waals surface area (Å²) in [7, 11) is 1.37. The molecule has 2 rings (SSSR count). The largest absolute Gasteiger partial charge is 0.476 e. The maximum absolute atomic E-state index is 11.7. The molecule has 0 radical (unpaired) electrons. The molecule has 19 heavy (non-hydrogen) atoms. The SMILES string of the molecule is COC(=O)C(C)(C)Oc1ccc2c(c1C)CCNC2. The molecule has 1 aromatic carbocycles. The first kappa shape index (κ1) is 13.9. The molecule has 1 aromatic rings. The molecule has 0 spiro atoms. The standard InChI is InChI=1S/C15H21NO3/c1-10-12-7-8-16-9-11(12)5-6-13(10)19-15(2,3)14(17)18-4/h5-6,16H,7-9H2,1-4H3. The number of carbonyl (C=O) groups is 1. The topological polar surface area (TPSA) is 47.6 Å². The van der Waals surface area contributed by atoms with Gasteiger partial charge in [0, 0.05) is 6.54 Å². The van der Waals surface area contributed by atoms with Crippen molar-refractivity contribution in [3.05, 3.63) is 28.8 Å². The lowest BCUT2D eigenvalue weighted by Crippen LogP contribution is -2.39. The van der Waals surface area contributed by atoms with Gasteiger partial charge in [-0.3, -0.25) is 0 Å². The molecule has 0 fully saturated rings. The summed E-state index contributed by atoms with van der Waals surface area (Å²) < 4.78 is 10.6. The van der Waals surface area contributed by atoms with Crippen molar-refractivity contribution in [1.29, 1.82) is 0 Å². The van der Waals surface area contributed by atoms with Gasteiger partial charge in [-0.05, 0) is 56.5 Å². The highest BCUT2D eigenvalue weighted by Crippen LogP contribution is 2.29. The van der Waals surface area contributed by atoms with Gasteiger partial charge in [0.1, 0.15) is 5.75 Å². The quantitative estimate of drug-likeness (QED) is 0.847. The Balaban J connectivity index is 2.29. The fraction of sp³-hybridized carbons (Fsp3) is 0.533. The minimum Gasteiger partial charge on any atom is -0.476 e. The van der Waals surface area contributed by atoms with Crippen LogP contribution < -0.4 is 10.1 Å². The number of ether oxygens (including phenoxy) is 2. The fourth-order valence-electron chi connectivity index (χ4n) is 2.41. The Bertz CT molecular complexity index is 494. The molecular weight excluding hydrogens is 242 g/mol. The summed E-state index contributed by atoms with van der Waals surface area (Å²) in [5.41, 5.74) is 2.79. The van der Waals surface area contributed by atoms with Crippen LogP contribution in [0.2, 0.25) is 0 Å². The first-order chi connectivity index (χ1) is 8.95. The highest BCUT2D eigenvalue weighted by atomic mass is 16.6. The molecule has 0 bridgehead atoms. The Hall–Kier alpha value is -1.55. The summed E-state index contributed by atoms with van der Waals surface area (Å²) >= 11 is 0. The molecule has 1 N–H and O–H groups in total. The van der Waals surface area contributed by atoms with Crippen LogP contribution in [0.3, 0.4) is 0 Å². The molecule has 104 valence electrons. The summed E-state index contributed by atoms with van der Waals surface area (Å²) in [5, 5.41) is 3.35. The van der Waals surface area contributed by atoms with Crippen molar-refractivity contribution >= 4 is 5.97 Å². The van der Waals surface area contributed by atoms with Gasteiger partial charge in [-0.25, -0.2) is 4.79 Å². The van der Waals surface area contributed by atoms with Gasteiger partial charge >= 0.3 is 5.97 Å². The minimum atomic E-state index is -0.972. The van der Waals surface area contributed by atoms with E-state index in [9.17, 15) is 4.79 Å². The number of fused-ring (bicyclic) bond motifs is 1. The second kappa shape index (κ2) is 5.21. The van der Waals surface area contributed by atoms with E-state index in [2.05, 4.69) is 11.4 Å². The van der Waals surface area contributed by atoms with Gasteiger partial charge in [-0.2, -0.15) is 0 Å². The van der Waals surface area contributed by atoms with Crippen LogP contribution >= 0.6 is 0 Å². The van der Waals surface area contributed by atoms with E-state index in [0.717, 1.165) is 30.8 Å². The molecule has 0 aromatic heterocycles. The number of hydrogen-bond donors (Lipinski definition) is 1. The third-order valence-corrected chi connectivity index (χ3v) is 3.56. The number of rotatable bonds is 3. The number of nitrogens with one attached hydrogen (secondary N) is 1. The number of hydrogen-bond acceptors (Lipinski definition) is 4. The van der Waals surface area contributed by atoms with E-state index in [1.807, 2.05) is 13.0 Å². The third-order valence-electron chi connectivity index (χ3n) is 3.56. The fourth-order valence-corrected chi connectivity index (χ4v) is 2.41. The monoisotopic (exact) mass is 263 g/mol. The van der Waals surface area contributed by atoms with Crippen LogP contribution in [0.1, 0.15) is 30.5 Å². The molecule has 0 unspecified atom stereocenters. The second-order valence-corrected chi connectivity index (χ2v) is 5.36. The molecule has 0 saturated carbocycles. The van der Waals surface area contributed by atoms with E-state index in [-0.39, 0.29) is 5.97 Å². The highest BCUT2D eigenvalue weighted by molar-refractivity contribution is 5.79. The normalized spacial score (nSPS) is 14.7. The zero-order valence-corrected chi connectivity index (χ0v) is 12.0. The highest BCUT2D eigenvalue weighted by Gasteiger charge is 2.32. The van der Waals surface area contributed by atoms with E-state index in [1.165, 1.54) is 18.2 Å². The molecule has 0 amide bonds. The minimum absolute atomic E-state index is 0.369. The van der Waals surface area contributed by atoms with E-state index >= 15 is 0 Å². The van der Waals surface area contributed by atoms with Crippen LogP contribution in [0, 0.1) is 6.92 Å². The van der Waals surface area contributed by atoms with Gasteiger partial charge in [-0.1, -0.05) is 6.07 Å². The summed E-state index contributed by atoms with van der Waals surface area (Å²) in [6.45, 7) is 7.37. The van der Waals surface area contributed by atoms with E-state index in [1.54, 1.807) is 13.8 Å². The lowest BCUT2D eigenvalue weighted by Gasteiger charge is -2.27. The molecule has 0 atom stereocenters. The van der Waals surface area contributed by atoms with Gasteiger partial charge in [0.2, 0.25) is 0 Å². The van der Waals surface area contributed by atoms with Crippen molar-refractivity contribution in [2.75, 3.05) is 13.7 Å². The lowest BCUT2D eigenvalue weighted by molar-refractivity contribution is -0.156. The van der Waals surface area contributed by atoms with Crippen LogP contribution in [0.15, 0.2) is 12.1 Å². The van der Waals surface area contributed by atoms with Crippen molar-refractivity contribution in [2.45, 2.75) is 39.3 Å². The average molecular weight is 263 g/mol. The van der Waals surface area contributed by atoms with Crippen molar-refractivity contribution in [1.82, 2.24) is 5.32 Å². The van der Waals surface area contributed by atoms with Gasteiger partial charge < -0.3 is 14.8 Å². The van der Waals surface area contributed by atoms with Crippen molar-refractivity contribution < 1.29 is 14.3 Å². The van der Waals surface area contributed by atoms with Crippen LogP contribution in [0.25, 0.3) is 0 Å². The third kappa shape index (κ3) is 2.73. The van der Waals surface area contributed by atoms with Crippen molar-refractivity contribution in [3.8, 4) is 5.75 Å². The number of esters is 1. The predicted octanol–water partition coefficient (Wildman–Crippen LogP) is 1.97. The van der Waals surface area contributed by atoms with E-state index in [4.69, 9.17) is 9.47 Å². The van der Waals surface area contributed by atoms with Crippen LogP contribution in [-0.4, -0.2) is 25.2 Å². The first-order valence-electron chi connectivity index (χ1n) is 6.55. The van der Waals surface area contributed by atoms with Crippen LogP contribution in [0.4, 0.5) is 0 Å². The number of carbonyl (C=O) groups excluding carboxylic acids is 1. The zero-order valence-electron chi connectivity index (χ0n) is 12.0. The van der Waals surface area contributed by atoms with E-state index < -0.39 is 5.60 Å². The van der Waals surface area contributed by atoms with Gasteiger partial charge in [-0.15, -0.1) is 0 Å². The summed E-state index contributed by atoms with van der Waals surface area (Å²) in [6, 6.07) is 4.00. The van der Waals surface area contributed by atoms with Crippen LogP contribution in [-0.2, 0) is 22.5 Å². The number of benzene rings is 1. The zero-order chi connectivity index (χ0) is 14.0. The Kier molecular flexibility index (Phi) is 3.80. The maximum atomic E-state index is 11.7. The molecule has 1 aliphatic rings. The van der Waals surface area contributed by atoms with Crippen LogP contribution in [0.5, 0.6) is 5.75 Å². The smallest absolute Gasteiger partial charge is 0.349 e. The van der Waals surface area contributed by atoms with E-state index in [0.29, 0.717) is 0 Å².